The van der Waals surface area contributed by atoms with Crippen LogP contribution in [0.1, 0.15) is 44.9 Å². The molecule has 0 saturated heterocycles. The Morgan fingerprint density at radius 2 is 2.11 bits per heavy atom. The van der Waals surface area contributed by atoms with Crippen molar-refractivity contribution in [3.8, 4) is 10.4 Å². The van der Waals surface area contributed by atoms with Crippen molar-refractivity contribution < 1.29 is 14.6 Å². The number of carbonyl (C=O) groups excluding carboxylic acids is 1. The second kappa shape index (κ2) is 7.86. The third-order valence-corrected chi connectivity index (χ3v) is 5.39. The number of benzene rings is 1. The van der Waals surface area contributed by atoms with Crippen LogP contribution in [-0.4, -0.2) is 33.9 Å². The molecule has 0 atom stereocenters. The summed E-state index contributed by atoms with van der Waals surface area (Å²) >= 11 is 1.61. The van der Waals surface area contributed by atoms with Crippen LogP contribution in [0.25, 0.3) is 10.4 Å². The van der Waals surface area contributed by atoms with E-state index >= 15 is 0 Å². The standard InChI is InChI=1S/C20H27N3O3S/c1-12-18(27-11-22-12)13-5-6-14(10-21-19(25)26-20(2,3)4)17(7-13)23-15-8-16(24)9-15/h5-7,11,15-16,23-24H,8-10H2,1-4H3,(H,21,25). The van der Waals surface area contributed by atoms with E-state index < -0.39 is 11.7 Å². The van der Waals surface area contributed by atoms with Crippen LogP contribution in [0, 0.1) is 6.92 Å². The molecular weight excluding hydrogens is 362 g/mol. The molecule has 1 fully saturated rings. The van der Waals surface area contributed by atoms with Crippen LogP contribution in [0.2, 0.25) is 0 Å². The first-order valence-electron chi connectivity index (χ1n) is 9.16. The van der Waals surface area contributed by atoms with Gasteiger partial charge in [0.1, 0.15) is 5.60 Å². The lowest BCUT2D eigenvalue weighted by Gasteiger charge is -2.33. The fourth-order valence-corrected chi connectivity index (χ4v) is 3.79. The van der Waals surface area contributed by atoms with Gasteiger partial charge in [-0.1, -0.05) is 12.1 Å². The fraction of sp³-hybridized carbons (Fsp3) is 0.500. The van der Waals surface area contributed by atoms with E-state index in [1.807, 2.05) is 45.3 Å². The number of hydrogen-bond donors (Lipinski definition) is 3. The summed E-state index contributed by atoms with van der Waals surface area (Å²) in [4.78, 5) is 17.4. The predicted molar refractivity (Wildman–Crippen MR) is 108 cm³/mol. The van der Waals surface area contributed by atoms with Crippen LogP contribution in [0.5, 0.6) is 0 Å². The Hall–Kier alpha value is -2.12. The number of amides is 1. The molecule has 1 heterocycles. The second-order valence-corrected chi connectivity index (χ2v) is 8.82. The normalized spacial score (nSPS) is 19.3. The molecule has 1 aromatic carbocycles. The topological polar surface area (TPSA) is 83.5 Å². The summed E-state index contributed by atoms with van der Waals surface area (Å²) in [5.74, 6) is 0. The lowest BCUT2D eigenvalue weighted by atomic mass is 9.89. The number of nitrogens with one attached hydrogen (secondary N) is 2. The number of anilines is 1. The molecule has 0 bridgehead atoms. The van der Waals surface area contributed by atoms with Crippen LogP contribution in [0.15, 0.2) is 23.7 Å². The van der Waals surface area contributed by atoms with Gasteiger partial charge in [-0.25, -0.2) is 9.78 Å². The average molecular weight is 390 g/mol. The highest BCUT2D eigenvalue weighted by Crippen LogP contribution is 2.33. The minimum absolute atomic E-state index is 0.224. The summed E-state index contributed by atoms with van der Waals surface area (Å²) in [5.41, 5.74) is 5.36. The molecule has 3 N–H and O–H groups in total. The molecule has 0 aliphatic heterocycles. The summed E-state index contributed by atoms with van der Waals surface area (Å²) in [7, 11) is 0. The Bertz CT molecular complexity index is 807. The number of nitrogens with zero attached hydrogens (tertiary/aromatic N) is 1. The Kier molecular flexibility index (Phi) is 5.72. The molecule has 6 nitrogen and oxygen atoms in total. The Labute approximate surface area is 164 Å². The molecule has 27 heavy (non-hydrogen) atoms. The van der Waals surface area contributed by atoms with Gasteiger partial charge in [-0.15, -0.1) is 11.3 Å². The number of alkyl carbamates (subject to hydrolysis) is 1. The SMILES string of the molecule is Cc1ncsc1-c1ccc(CNC(=O)OC(C)(C)C)c(NC2CC(O)C2)c1. The minimum atomic E-state index is -0.527. The molecule has 2 aromatic rings. The molecule has 0 spiro atoms. The smallest absolute Gasteiger partial charge is 0.407 e. The molecule has 0 radical (unpaired) electrons. The monoisotopic (exact) mass is 389 g/mol. The fourth-order valence-electron chi connectivity index (χ4n) is 2.99. The lowest BCUT2D eigenvalue weighted by molar-refractivity contribution is 0.0523. The largest absolute Gasteiger partial charge is 0.444 e. The summed E-state index contributed by atoms with van der Waals surface area (Å²) in [6, 6.07) is 6.41. The summed E-state index contributed by atoms with van der Waals surface area (Å²) in [6.45, 7) is 7.89. The molecule has 1 aliphatic rings. The van der Waals surface area contributed by atoms with Gasteiger partial charge in [0.2, 0.25) is 0 Å². The molecule has 1 saturated carbocycles. The third-order valence-electron chi connectivity index (χ3n) is 4.41. The zero-order valence-electron chi connectivity index (χ0n) is 16.2. The lowest BCUT2D eigenvalue weighted by Crippen LogP contribution is -2.39. The van der Waals surface area contributed by atoms with E-state index in [0.29, 0.717) is 6.54 Å². The molecular formula is C20H27N3O3S. The van der Waals surface area contributed by atoms with Gasteiger partial charge in [-0.05, 0) is 57.7 Å². The van der Waals surface area contributed by atoms with Crippen molar-refractivity contribution in [2.24, 2.45) is 0 Å². The van der Waals surface area contributed by atoms with Crippen molar-refractivity contribution in [3.63, 3.8) is 0 Å². The maximum absolute atomic E-state index is 12.0. The highest BCUT2D eigenvalue weighted by molar-refractivity contribution is 7.13. The van der Waals surface area contributed by atoms with Gasteiger partial charge in [0.15, 0.2) is 0 Å². The van der Waals surface area contributed by atoms with Crippen molar-refractivity contribution >= 4 is 23.1 Å². The van der Waals surface area contributed by atoms with E-state index in [1.54, 1.807) is 11.3 Å². The maximum atomic E-state index is 12.0. The summed E-state index contributed by atoms with van der Waals surface area (Å²) in [5, 5.41) is 15.9. The zero-order chi connectivity index (χ0) is 19.6. The van der Waals surface area contributed by atoms with E-state index in [2.05, 4.69) is 21.7 Å². The van der Waals surface area contributed by atoms with Crippen molar-refractivity contribution in [1.29, 1.82) is 0 Å². The van der Waals surface area contributed by atoms with Crippen molar-refractivity contribution in [1.82, 2.24) is 10.3 Å². The number of aliphatic hydroxyl groups is 1. The number of aliphatic hydroxyl groups excluding tert-OH is 1. The van der Waals surface area contributed by atoms with E-state index in [4.69, 9.17) is 4.74 Å². The quantitative estimate of drug-likeness (QED) is 0.718. The molecule has 1 aliphatic carbocycles. The van der Waals surface area contributed by atoms with E-state index in [-0.39, 0.29) is 12.1 Å². The van der Waals surface area contributed by atoms with Crippen molar-refractivity contribution in [2.75, 3.05) is 5.32 Å². The van der Waals surface area contributed by atoms with Gasteiger partial charge in [0.05, 0.1) is 22.2 Å². The van der Waals surface area contributed by atoms with Gasteiger partial charge in [0.25, 0.3) is 0 Å². The first-order chi connectivity index (χ1) is 12.7. The Balaban J connectivity index is 1.77. The molecule has 1 aromatic heterocycles. The number of thiazole rings is 1. The van der Waals surface area contributed by atoms with Crippen LogP contribution in [0.3, 0.4) is 0 Å². The van der Waals surface area contributed by atoms with Gasteiger partial charge >= 0.3 is 6.09 Å². The molecule has 3 rings (SSSR count). The minimum Gasteiger partial charge on any atom is -0.444 e. The van der Waals surface area contributed by atoms with Crippen LogP contribution < -0.4 is 10.6 Å². The van der Waals surface area contributed by atoms with Gasteiger partial charge in [-0.2, -0.15) is 0 Å². The second-order valence-electron chi connectivity index (χ2n) is 7.96. The summed E-state index contributed by atoms with van der Waals surface area (Å²) < 4.78 is 5.32. The highest BCUT2D eigenvalue weighted by Gasteiger charge is 2.27. The Morgan fingerprint density at radius 1 is 1.37 bits per heavy atom. The predicted octanol–water partition coefficient (Wildman–Crippen LogP) is 4.08. The van der Waals surface area contributed by atoms with Gasteiger partial charge in [-0.3, -0.25) is 0 Å². The number of aryl methyl sites for hydroxylation is 1. The van der Waals surface area contributed by atoms with Crippen molar-refractivity contribution in [2.45, 2.75) is 64.8 Å². The first-order valence-corrected chi connectivity index (χ1v) is 10.0. The zero-order valence-corrected chi connectivity index (χ0v) is 17.0. The number of rotatable bonds is 5. The van der Waals surface area contributed by atoms with E-state index in [0.717, 1.165) is 40.2 Å². The van der Waals surface area contributed by atoms with Crippen LogP contribution in [0.4, 0.5) is 10.5 Å². The molecule has 0 unspecified atom stereocenters. The first kappa shape index (κ1) is 19.6. The van der Waals surface area contributed by atoms with Crippen LogP contribution >= 0.6 is 11.3 Å². The maximum Gasteiger partial charge on any atom is 0.407 e. The van der Waals surface area contributed by atoms with E-state index in [1.165, 1.54) is 0 Å². The molecule has 7 heteroatoms. The molecule has 146 valence electrons. The van der Waals surface area contributed by atoms with Gasteiger partial charge < -0.3 is 20.5 Å². The number of aromatic nitrogens is 1. The third kappa shape index (κ3) is 5.20. The number of hydrogen-bond acceptors (Lipinski definition) is 6. The highest BCUT2D eigenvalue weighted by atomic mass is 32.1. The summed E-state index contributed by atoms with van der Waals surface area (Å²) in [6.07, 6.45) is 0.818. The van der Waals surface area contributed by atoms with E-state index in [9.17, 15) is 9.90 Å². The Morgan fingerprint density at radius 3 is 2.70 bits per heavy atom. The van der Waals surface area contributed by atoms with Crippen LogP contribution in [-0.2, 0) is 11.3 Å². The number of ether oxygens (including phenoxy) is 1. The van der Waals surface area contributed by atoms with Crippen molar-refractivity contribution in [3.05, 3.63) is 35.0 Å². The number of carbonyl (C=O) groups is 1. The molecule has 1 amide bonds. The van der Waals surface area contributed by atoms with Gasteiger partial charge in [0, 0.05) is 18.3 Å². The average Bonchev–Trinajstić information content (AvgIpc) is 2.96.